The highest BCUT2D eigenvalue weighted by atomic mass is 16.2. The van der Waals surface area contributed by atoms with Crippen molar-refractivity contribution in [3.63, 3.8) is 0 Å². The highest BCUT2D eigenvalue weighted by Gasteiger charge is 2.32. The minimum atomic E-state index is 0.0569. The van der Waals surface area contributed by atoms with E-state index < -0.39 is 0 Å². The van der Waals surface area contributed by atoms with Crippen LogP contribution < -0.4 is 11.1 Å². The summed E-state index contributed by atoms with van der Waals surface area (Å²) in [6, 6.07) is 3.81. The predicted molar refractivity (Wildman–Crippen MR) is 67.5 cm³/mol. The van der Waals surface area contributed by atoms with Gasteiger partial charge in [0.25, 0.3) is 0 Å². The molecule has 0 radical (unpaired) electrons. The minimum absolute atomic E-state index is 0.0569. The topological polar surface area (TPSA) is 68.0 Å². The number of rotatable bonds is 3. The maximum Gasteiger partial charge on any atom is 0.228 e. The van der Waals surface area contributed by atoms with Crippen LogP contribution in [0.25, 0.3) is 0 Å². The second-order valence-electron chi connectivity index (χ2n) is 4.69. The van der Waals surface area contributed by atoms with Gasteiger partial charge < -0.3 is 11.1 Å². The third-order valence-corrected chi connectivity index (χ3v) is 3.55. The highest BCUT2D eigenvalue weighted by Crippen LogP contribution is 2.31. The van der Waals surface area contributed by atoms with E-state index in [0.717, 1.165) is 24.8 Å². The number of carbonyl (C=O) groups excluding carboxylic acids is 1. The molecule has 4 nitrogen and oxygen atoms in total. The van der Waals surface area contributed by atoms with Gasteiger partial charge in [0.05, 0.1) is 0 Å². The summed E-state index contributed by atoms with van der Waals surface area (Å²) in [6.45, 7) is 2.54. The van der Waals surface area contributed by atoms with Crippen molar-refractivity contribution in [1.82, 2.24) is 4.98 Å². The van der Waals surface area contributed by atoms with Gasteiger partial charge in [-0.3, -0.25) is 4.79 Å². The Bertz CT molecular complexity index is 405. The van der Waals surface area contributed by atoms with Crippen molar-refractivity contribution in [3.05, 3.63) is 23.9 Å². The van der Waals surface area contributed by atoms with Crippen molar-refractivity contribution < 1.29 is 4.79 Å². The van der Waals surface area contributed by atoms with E-state index in [2.05, 4.69) is 10.3 Å². The number of pyridine rings is 1. The molecule has 0 bridgehead atoms. The van der Waals surface area contributed by atoms with Crippen molar-refractivity contribution in [2.75, 3.05) is 11.9 Å². The van der Waals surface area contributed by atoms with Crippen LogP contribution in [-0.4, -0.2) is 17.4 Å². The third-order valence-electron chi connectivity index (χ3n) is 3.55. The zero-order chi connectivity index (χ0) is 12.3. The Labute approximate surface area is 102 Å². The fourth-order valence-electron chi connectivity index (χ4n) is 2.49. The molecule has 1 aliphatic carbocycles. The summed E-state index contributed by atoms with van der Waals surface area (Å²) < 4.78 is 0. The Morgan fingerprint density at radius 3 is 3.12 bits per heavy atom. The lowest BCUT2D eigenvalue weighted by Crippen LogP contribution is -2.30. The Hall–Kier alpha value is -1.42. The molecular formula is C13H19N3O. The van der Waals surface area contributed by atoms with E-state index in [1.807, 2.05) is 19.1 Å². The number of anilines is 1. The van der Waals surface area contributed by atoms with Crippen molar-refractivity contribution in [2.45, 2.75) is 26.2 Å². The fourth-order valence-corrected chi connectivity index (χ4v) is 2.49. The van der Waals surface area contributed by atoms with Crippen LogP contribution in [0, 0.1) is 18.8 Å². The van der Waals surface area contributed by atoms with Gasteiger partial charge in [0.1, 0.15) is 5.82 Å². The van der Waals surface area contributed by atoms with Gasteiger partial charge in [-0.05, 0) is 43.9 Å². The first-order valence-electron chi connectivity index (χ1n) is 6.15. The molecule has 2 rings (SSSR count). The molecule has 0 saturated heterocycles. The van der Waals surface area contributed by atoms with Gasteiger partial charge in [-0.1, -0.05) is 12.5 Å². The third kappa shape index (κ3) is 2.64. The molecule has 1 amide bonds. The summed E-state index contributed by atoms with van der Waals surface area (Å²) in [4.78, 5) is 16.3. The molecule has 1 fully saturated rings. The van der Waals surface area contributed by atoms with Gasteiger partial charge >= 0.3 is 0 Å². The molecule has 3 N–H and O–H groups in total. The summed E-state index contributed by atoms with van der Waals surface area (Å²) in [7, 11) is 0. The van der Waals surface area contributed by atoms with E-state index in [1.54, 1.807) is 6.20 Å². The summed E-state index contributed by atoms with van der Waals surface area (Å²) in [5.74, 6) is 1.13. The van der Waals surface area contributed by atoms with Crippen LogP contribution >= 0.6 is 0 Å². The summed E-state index contributed by atoms with van der Waals surface area (Å²) in [6.07, 6.45) is 4.80. The molecule has 0 aliphatic heterocycles. The van der Waals surface area contributed by atoms with Crippen LogP contribution in [0.2, 0.25) is 0 Å². The normalized spacial score (nSPS) is 23.6. The van der Waals surface area contributed by atoms with E-state index in [0.29, 0.717) is 18.3 Å². The van der Waals surface area contributed by atoms with Crippen molar-refractivity contribution in [2.24, 2.45) is 17.6 Å². The molecule has 17 heavy (non-hydrogen) atoms. The molecule has 4 heteroatoms. The average molecular weight is 233 g/mol. The largest absolute Gasteiger partial charge is 0.330 e. The van der Waals surface area contributed by atoms with Crippen molar-refractivity contribution in [1.29, 1.82) is 0 Å². The number of amides is 1. The molecule has 92 valence electrons. The quantitative estimate of drug-likeness (QED) is 0.835. The van der Waals surface area contributed by atoms with Gasteiger partial charge in [-0.25, -0.2) is 4.98 Å². The van der Waals surface area contributed by atoms with E-state index in [4.69, 9.17) is 5.73 Å². The lowest BCUT2D eigenvalue weighted by molar-refractivity contribution is -0.120. The molecule has 1 aliphatic rings. The lowest BCUT2D eigenvalue weighted by Gasteiger charge is -2.17. The van der Waals surface area contributed by atoms with E-state index in [-0.39, 0.29) is 11.8 Å². The first-order chi connectivity index (χ1) is 8.22. The molecule has 0 aromatic carbocycles. The van der Waals surface area contributed by atoms with Gasteiger partial charge in [-0.15, -0.1) is 0 Å². The number of hydrogen-bond acceptors (Lipinski definition) is 3. The van der Waals surface area contributed by atoms with Gasteiger partial charge in [0, 0.05) is 12.1 Å². The van der Waals surface area contributed by atoms with E-state index in [9.17, 15) is 4.79 Å². The minimum Gasteiger partial charge on any atom is -0.330 e. The molecule has 1 aromatic heterocycles. The van der Waals surface area contributed by atoms with Crippen LogP contribution in [0.4, 0.5) is 5.82 Å². The number of nitrogens with zero attached hydrogens (tertiary/aromatic N) is 1. The zero-order valence-electron chi connectivity index (χ0n) is 10.1. The zero-order valence-corrected chi connectivity index (χ0v) is 10.1. The Kier molecular flexibility index (Phi) is 3.74. The maximum atomic E-state index is 12.1. The van der Waals surface area contributed by atoms with Crippen LogP contribution in [0.1, 0.15) is 24.8 Å². The Morgan fingerprint density at radius 1 is 1.59 bits per heavy atom. The molecule has 1 aromatic rings. The summed E-state index contributed by atoms with van der Waals surface area (Å²) >= 11 is 0. The molecule has 2 unspecified atom stereocenters. The molecule has 1 heterocycles. The monoisotopic (exact) mass is 233 g/mol. The molecular weight excluding hydrogens is 214 g/mol. The Balaban J connectivity index is 2.04. The van der Waals surface area contributed by atoms with E-state index in [1.165, 1.54) is 0 Å². The number of nitrogens with one attached hydrogen (secondary N) is 1. The van der Waals surface area contributed by atoms with Crippen LogP contribution in [0.3, 0.4) is 0 Å². The number of aromatic nitrogens is 1. The fraction of sp³-hybridized carbons (Fsp3) is 0.538. The number of aryl methyl sites for hydroxylation is 1. The smallest absolute Gasteiger partial charge is 0.228 e. The average Bonchev–Trinajstić information content (AvgIpc) is 2.80. The van der Waals surface area contributed by atoms with Crippen molar-refractivity contribution >= 4 is 11.7 Å². The number of hydrogen-bond donors (Lipinski definition) is 2. The maximum absolute atomic E-state index is 12.1. The second-order valence-corrected chi connectivity index (χ2v) is 4.69. The first-order valence-corrected chi connectivity index (χ1v) is 6.15. The van der Waals surface area contributed by atoms with Gasteiger partial charge in [0.15, 0.2) is 0 Å². The van der Waals surface area contributed by atoms with Crippen molar-refractivity contribution in [3.8, 4) is 0 Å². The summed E-state index contributed by atoms with van der Waals surface area (Å²) in [5.41, 5.74) is 6.68. The molecule has 0 spiro atoms. The summed E-state index contributed by atoms with van der Waals surface area (Å²) in [5, 5.41) is 2.91. The van der Waals surface area contributed by atoms with Gasteiger partial charge in [-0.2, -0.15) is 0 Å². The van der Waals surface area contributed by atoms with Crippen LogP contribution in [0.5, 0.6) is 0 Å². The highest BCUT2D eigenvalue weighted by molar-refractivity contribution is 5.92. The number of carbonyl (C=O) groups is 1. The predicted octanol–water partition coefficient (Wildman–Crippen LogP) is 1.70. The van der Waals surface area contributed by atoms with Crippen LogP contribution in [0.15, 0.2) is 18.3 Å². The standard InChI is InChI=1S/C13H19N3O/c1-9-4-3-7-15-12(9)16-13(17)11-6-2-5-10(11)8-14/h3-4,7,10-11H,2,5-6,8,14H2,1H3,(H,15,16,17). The molecule has 1 saturated carbocycles. The van der Waals surface area contributed by atoms with Gasteiger partial charge in [0.2, 0.25) is 5.91 Å². The second kappa shape index (κ2) is 5.27. The Morgan fingerprint density at radius 2 is 2.41 bits per heavy atom. The molecule has 2 atom stereocenters. The lowest BCUT2D eigenvalue weighted by atomic mass is 9.95. The SMILES string of the molecule is Cc1cccnc1NC(=O)C1CCCC1CN. The number of nitrogens with two attached hydrogens (primary N) is 1. The van der Waals surface area contributed by atoms with Crippen LogP contribution in [-0.2, 0) is 4.79 Å². The van der Waals surface area contributed by atoms with E-state index >= 15 is 0 Å². The first kappa shape index (κ1) is 12.0.